The Hall–Kier alpha value is -0.530. The minimum atomic E-state index is 0.0169. The van der Waals surface area contributed by atoms with Gasteiger partial charge in [0.1, 0.15) is 0 Å². The molecule has 0 rings (SSSR count). The van der Waals surface area contributed by atoms with Crippen LogP contribution in [0.25, 0.3) is 0 Å². The van der Waals surface area contributed by atoms with Crippen LogP contribution in [0.4, 0.5) is 0 Å². The van der Waals surface area contributed by atoms with Gasteiger partial charge in [-0.05, 0) is 12.8 Å². The van der Waals surface area contributed by atoms with Gasteiger partial charge in [-0.15, -0.1) is 0 Å². The van der Waals surface area contributed by atoms with Gasteiger partial charge < -0.3 is 4.74 Å². The van der Waals surface area contributed by atoms with Crippen LogP contribution in [0.2, 0.25) is 0 Å². The highest BCUT2D eigenvalue weighted by Crippen LogP contribution is 2.15. The van der Waals surface area contributed by atoms with E-state index in [-0.39, 0.29) is 5.97 Å². The van der Waals surface area contributed by atoms with Crippen LogP contribution >= 0.6 is 0 Å². The summed E-state index contributed by atoms with van der Waals surface area (Å²) in [5, 5.41) is 0. The van der Waals surface area contributed by atoms with E-state index in [1.807, 2.05) is 0 Å². The molecular formula is C31H62O2. The fraction of sp³-hybridized carbons (Fsp3) is 0.968. The van der Waals surface area contributed by atoms with Crippen molar-refractivity contribution in [2.45, 2.75) is 187 Å². The van der Waals surface area contributed by atoms with E-state index in [1.54, 1.807) is 0 Å². The molecule has 0 atom stereocenters. The SMILES string of the molecule is CCCCCCCCCCCCCCCCCCCCCCCC(=O)OCCCCCCC. The zero-order valence-corrected chi connectivity index (χ0v) is 23.1. The van der Waals surface area contributed by atoms with Crippen molar-refractivity contribution < 1.29 is 9.53 Å². The molecule has 0 saturated heterocycles. The second kappa shape index (κ2) is 29.5. The molecule has 0 spiro atoms. The lowest BCUT2D eigenvalue weighted by molar-refractivity contribution is -0.143. The second-order valence-electron chi connectivity index (χ2n) is 10.5. The summed E-state index contributed by atoms with van der Waals surface area (Å²) in [6.45, 7) is 5.15. The third-order valence-electron chi connectivity index (χ3n) is 7.00. The molecule has 0 N–H and O–H groups in total. The number of carbonyl (C=O) groups is 1. The highest BCUT2D eigenvalue weighted by molar-refractivity contribution is 5.69. The first-order chi connectivity index (χ1) is 16.3. The van der Waals surface area contributed by atoms with Crippen LogP contribution in [0.3, 0.4) is 0 Å². The summed E-state index contributed by atoms with van der Waals surface area (Å²) >= 11 is 0. The van der Waals surface area contributed by atoms with Gasteiger partial charge in [0, 0.05) is 6.42 Å². The molecular weight excluding hydrogens is 404 g/mol. The predicted molar refractivity (Wildman–Crippen MR) is 147 cm³/mol. The maximum atomic E-state index is 11.7. The monoisotopic (exact) mass is 466 g/mol. The molecule has 0 aliphatic rings. The van der Waals surface area contributed by atoms with Crippen LogP contribution in [0, 0.1) is 0 Å². The zero-order valence-electron chi connectivity index (χ0n) is 23.1. The summed E-state index contributed by atoms with van der Waals surface area (Å²) in [7, 11) is 0. The Labute approximate surface area is 209 Å². The minimum absolute atomic E-state index is 0.0169. The van der Waals surface area contributed by atoms with E-state index in [0.29, 0.717) is 13.0 Å². The standard InChI is InChI=1S/C31H62O2/c1-3-5-7-9-10-11-12-13-14-15-16-17-18-19-20-21-22-23-24-25-27-29-31(32)33-30-28-26-8-6-4-2/h3-30H2,1-2H3. The Morgan fingerprint density at radius 2 is 0.667 bits per heavy atom. The fourth-order valence-electron chi connectivity index (χ4n) is 4.67. The number of ether oxygens (including phenoxy) is 1. The van der Waals surface area contributed by atoms with Crippen LogP contribution in [0.15, 0.2) is 0 Å². The number of esters is 1. The van der Waals surface area contributed by atoms with E-state index < -0.39 is 0 Å². The van der Waals surface area contributed by atoms with Crippen LogP contribution in [0.5, 0.6) is 0 Å². The van der Waals surface area contributed by atoms with Gasteiger partial charge in [-0.3, -0.25) is 4.79 Å². The normalized spacial score (nSPS) is 11.2. The molecule has 0 amide bonds. The molecule has 0 saturated carbocycles. The molecule has 0 aromatic rings. The van der Waals surface area contributed by atoms with Gasteiger partial charge in [-0.1, -0.05) is 168 Å². The van der Waals surface area contributed by atoms with Crippen molar-refractivity contribution in [3.63, 3.8) is 0 Å². The van der Waals surface area contributed by atoms with Crippen molar-refractivity contribution in [2.75, 3.05) is 6.61 Å². The minimum Gasteiger partial charge on any atom is -0.466 e. The van der Waals surface area contributed by atoms with Crippen LogP contribution in [-0.4, -0.2) is 12.6 Å². The van der Waals surface area contributed by atoms with Crippen LogP contribution in [0.1, 0.15) is 187 Å². The first-order valence-corrected chi connectivity index (χ1v) is 15.5. The second-order valence-corrected chi connectivity index (χ2v) is 10.5. The van der Waals surface area contributed by atoms with Gasteiger partial charge in [0.2, 0.25) is 0 Å². The maximum Gasteiger partial charge on any atom is 0.305 e. The van der Waals surface area contributed by atoms with E-state index in [9.17, 15) is 4.79 Å². The lowest BCUT2D eigenvalue weighted by atomic mass is 10.0. The molecule has 0 aliphatic carbocycles. The Morgan fingerprint density at radius 1 is 0.394 bits per heavy atom. The van der Waals surface area contributed by atoms with Gasteiger partial charge in [-0.25, -0.2) is 0 Å². The number of hydrogen-bond acceptors (Lipinski definition) is 2. The molecule has 0 bridgehead atoms. The van der Waals surface area contributed by atoms with Crippen LogP contribution < -0.4 is 0 Å². The molecule has 33 heavy (non-hydrogen) atoms. The number of unbranched alkanes of at least 4 members (excludes halogenated alkanes) is 24. The molecule has 0 unspecified atom stereocenters. The lowest BCUT2D eigenvalue weighted by Gasteiger charge is -2.05. The molecule has 0 fully saturated rings. The summed E-state index contributed by atoms with van der Waals surface area (Å²) in [6.07, 6.45) is 36.0. The molecule has 0 heterocycles. The molecule has 0 aromatic carbocycles. The van der Waals surface area contributed by atoms with Crippen molar-refractivity contribution in [3.8, 4) is 0 Å². The summed E-state index contributed by atoms with van der Waals surface area (Å²) in [5.41, 5.74) is 0. The Bertz CT molecular complexity index is 366. The van der Waals surface area contributed by atoms with Gasteiger partial charge in [0.05, 0.1) is 6.61 Å². The largest absolute Gasteiger partial charge is 0.466 e. The van der Waals surface area contributed by atoms with E-state index in [4.69, 9.17) is 4.74 Å². The highest BCUT2D eigenvalue weighted by Gasteiger charge is 2.02. The number of hydrogen-bond donors (Lipinski definition) is 0. The number of carbonyl (C=O) groups excluding carboxylic acids is 1. The highest BCUT2D eigenvalue weighted by atomic mass is 16.5. The van der Waals surface area contributed by atoms with Gasteiger partial charge >= 0.3 is 5.97 Å². The summed E-state index contributed by atoms with van der Waals surface area (Å²) in [5.74, 6) is 0.0169. The van der Waals surface area contributed by atoms with E-state index >= 15 is 0 Å². The third-order valence-corrected chi connectivity index (χ3v) is 7.00. The van der Waals surface area contributed by atoms with Crippen LogP contribution in [-0.2, 0) is 9.53 Å². The number of rotatable bonds is 28. The summed E-state index contributed by atoms with van der Waals surface area (Å²) in [4.78, 5) is 11.7. The Kier molecular flexibility index (Phi) is 29.0. The average molecular weight is 467 g/mol. The van der Waals surface area contributed by atoms with E-state index in [0.717, 1.165) is 12.8 Å². The Balaban J connectivity index is 3.09. The summed E-state index contributed by atoms with van der Waals surface area (Å²) in [6, 6.07) is 0. The third kappa shape index (κ3) is 29.4. The lowest BCUT2D eigenvalue weighted by Crippen LogP contribution is -2.05. The molecule has 2 nitrogen and oxygen atoms in total. The molecule has 198 valence electrons. The maximum absolute atomic E-state index is 11.7. The van der Waals surface area contributed by atoms with Crippen molar-refractivity contribution in [1.82, 2.24) is 0 Å². The first kappa shape index (κ1) is 32.5. The van der Waals surface area contributed by atoms with Crippen molar-refractivity contribution in [2.24, 2.45) is 0 Å². The van der Waals surface area contributed by atoms with Crippen molar-refractivity contribution in [1.29, 1.82) is 0 Å². The first-order valence-electron chi connectivity index (χ1n) is 15.5. The van der Waals surface area contributed by atoms with Crippen molar-refractivity contribution in [3.05, 3.63) is 0 Å². The smallest absolute Gasteiger partial charge is 0.305 e. The van der Waals surface area contributed by atoms with E-state index in [1.165, 1.54) is 154 Å². The molecule has 2 heteroatoms. The van der Waals surface area contributed by atoms with Gasteiger partial charge in [-0.2, -0.15) is 0 Å². The summed E-state index contributed by atoms with van der Waals surface area (Å²) < 4.78 is 5.33. The zero-order chi connectivity index (χ0) is 24.1. The quantitative estimate of drug-likeness (QED) is 0.0846. The average Bonchev–Trinajstić information content (AvgIpc) is 2.82. The molecule has 0 radical (unpaired) electrons. The Morgan fingerprint density at radius 3 is 1.00 bits per heavy atom. The van der Waals surface area contributed by atoms with E-state index in [2.05, 4.69) is 13.8 Å². The fourth-order valence-corrected chi connectivity index (χ4v) is 4.67. The molecule has 0 aromatic heterocycles. The van der Waals surface area contributed by atoms with Gasteiger partial charge in [0.15, 0.2) is 0 Å². The predicted octanol–water partition coefficient (Wildman–Crippen LogP) is 11.1. The van der Waals surface area contributed by atoms with Gasteiger partial charge in [0.25, 0.3) is 0 Å². The topological polar surface area (TPSA) is 26.3 Å². The molecule has 0 aliphatic heterocycles. The van der Waals surface area contributed by atoms with Crippen molar-refractivity contribution >= 4 is 5.97 Å².